The van der Waals surface area contributed by atoms with Crippen LogP contribution in [-0.2, 0) is 6.54 Å². The highest BCUT2D eigenvalue weighted by atomic mass is 35.5. The molecule has 0 unspecified atom stereocenters. The summed E-state index contributed by atoms with van der Waals surface area (Å²) in [7, 11) is 0. The van der Waals surface area contributed by atoms with Gasteiger partial charge < -0.3 is 19.2 Å². The molecule has 1 aliphatic rings. The Balaban J connectivity index is 1.53. The molecule has 0 spiro atoms. The summed E-state index contributed by atoms with van der Waals surface area (Å²) in [5.41, 5.74) is 3.49. The topological polar surface area (TPSA) is 68.0 Å². The smallest absolute Gasteiger partial charge is 0.231 e. The summed E-state index contributed by atoms with van der Waals surface area (Å²) >= 11 is 11.2. The van der Waals surface area contributed by atoms with Gasteiger partial charge in [0.05, 0.1) is 24.0 Å². The molecule has 1 aromatic heterocycles. The van der Waals surface area contributed by atoms with Gasteiger partial charge in [0.2, 0.25) is 6.79 Å². The maximum Gasteiger partial charge on any atom is 0.231 e. The molecule has 0 amide bonds. The Morgan fingerprint density at radius 1 is 1.41 bits per heavy atom. The van der Waals surface area contributed by atoms with Gasteiger partial charge in [0.15, 0.2) is 16.6 Å². The molecule has 2 aromatic rings. The second-order valence-electron chi connectivity index (χ2n) is 4.37. The SMILES string of the molecule is S=C(NCc1ccco1)N/N=C\c1cc(Cl)c2c(c1)OCO2. The number of benzene rings is 1. The van der Waals surface area contributed by atoms with Crippen molar-refractivity contribution in [1.82, 2.24) is 10.7 Å². The Kier molecular flexibility index (Phi) is 4.45. The van der Waals surface area contributed by atoms with Crippen LogP contribution in [0.1, 0.15) is 11.3 Å². The maximum absolute atomic E-state index is 6.09. The maximum atomic E-state index is 6.09. The molecule has 1 aliphatic heterocycles. The van der Waals surface area contributed by atoms with Gasteiger partial charge in [-0.2, -0.15) is 5.10 Å². The Labute approximate surface area is 137 Å². The van der Waals surface area contributed by atoms with E-state index in [9.17, 15) is 0 Å². The lowest BCUT2D eigenvalue weighted by Gasteiger charge is -2.05. The predicted molar refractivity (Wildman–Crippen MR) is 86.5 cm³/mol. The minimum atomic E-state index is 0.175. The van der Waals surface area contributed by atoms with Crippen LogP contribution in [0, 0.1) is 0 Å². The summed E-state index contributed by atoms with van der Waals surface area (Å²) in [5, 5.41) is 7.88. The molecule has 0 saturated carbocycles. The van der Waals surface area contributed by atoms with Gasteiger partial charge in [-0.1, -0.05) is 11.6 Å². The van der Waals surface area contributed by atoms with Crippen LogP contribution in [0.25, 0.3) is 0 Å². The number of fused-ring (bicyclic) bond motifs is 1. The number of nitrogens with zero attached hydrogens (tertiary/aromatic N) is 1. The zero-order valence-electron chi connectivity index (χ0n) is 11.3. The fraction of sp³-hybridized carbons (Fsp3) is 0.143. The zero-order chi connectivity index (χ0) is 15.4. The Hall–Kier alpha value is -2.25. The van der Waals surface area contributed by atoms with Crippen LogP contribution in [0.4, 0.5) is 0 Å². The van der Waals surface area contributed by atoms with Gasteiger partial charge in [-0.05, 0) is 42.0 Å². The number of hydrogen-bond donors (Lipinski definition) is 2. The molecule has 0 radical (unpaired) electrons. The van der Waals surface area contributed by atoms with Crippen molar-refractivity contribution in [3.05, 3.63) is 46.9 Å². The fourth-order valence-electron chi connectivity index (χ4n) is 1.85. The summed E-state index contributed by atoms with van der Waals surface area (Å²) in [6.07, 6.45) is 3.20. The molecular weight excluding hydrogens is 326 g/mol. The van der Waals surface area contributed by atoms with Gasteiger partial charge in [0.25, 0.3) is 0 Å². The lowest BCUT2D eigenvalue weighted by atomic mass is 10.2. The number of hydrazone groups is 1. The molecule has 1 aromatic carbocycles. The van der Waals surface area contributed by atoms with Crippen molar-refractivity contribution in [2.24, 2.45) is 5.10 Å². The lowest BCUT2D eigenvalue weighted by Crippen LogP contribution is -2.31. The van der Waals surface area contributed by atoms with Crippen molar-refractivity contribution in [3.63, 3.8) is 0 Å². The van der Waals surface area contributed by atoms with Crippen LogP contribution in [0.15, 0.2) is 40.0 Å². The van der Waals surface area contributed by atoms with Crippen LogP contribution >= 0.6 is 23.8 Å². The second kappa shape index (κ2) is 6.67. The number of thiocarbonyl (C=S) groups is 1. The quantitative estimate of drug-likeness (QED) is 0.508. The fourth-order valence-corrected chi connectivity index (χ4v) is 2.25. The molecule has 0 fully saturated rings. The van der Waals surface area contributed by atoms with Crippen LogP contribution in [0.5, 0.6) is 11.5 Å². The third-order valence-corrected chi connectivity index (χ3v) is 3.35. The summed E-state index contributed by atoms with van der Waals surface area (Å²) in [5.74, 6) is 1.95. The van der Waals surface area contributed by atoms with Crippen LogP contribution < -0.4 is 20.2 Å². The van der Waals surface area contributed by atoms with Gasteiger partial charge >= 0.3 is 0 Å². The van der Waals surface area contributed by atoms with E-state index in [4.69, 9.17) is 37.7 Å². The van der Waals surface area contributed by atoms with E-state index in [0.717, 1.165) is 11.3 Å². The highest BCUT2D eigenvalue weighted by molar-refractivity contribution is 7.80. The summed E-state index contributed by atoms with van der Waals surface area (Å²) in [4.78, 5) is 0. The highest BCUT2D eigenvalue weighted by Gasteiger charge is 2.17. The van der Waals surface area contributed by atoms with Crippen LogP contribution in [-0.4, -0.2) is 18.1 Å². The zero-order valence-corrected chi connectivity index (χ0v) is 12.9. The van der Waals surface area contributed by atoms with Crippen molar-refractivity contribution in [2.45, 2.75) is 6.54 Å². The number of furan rings is 1. The molecule has 114 valence electrons. The summed E-state index contributed by atoms with van der Waals surface area (Å²) < 4.78 is 15.7. The van der Waals surface area contributed by atoms with Gasteiger partial charge in [-0.25, -0.2) is 0 Å². The Morgan fingerprint density at radius 3 is 3.14 bits per heavy atom. The summed E-state index contributed by atoms with van der Waals surface area (Å²) in [6.45, 7) is 0.666. The lowest BCUT2D eigenvalue weighted by molar-refractivity contribution is 0.174. The van der Waals surface area contributed by atoms with Crippen molar-refractivity contribution >= 4 is 35.1 Å². The van der Waals surface area contributed by atoms with Crippen LogP contribution in [0.2, 0.25) is 5.02 Å². The third kappa shape index (κ3) is 3.49. The molecule has 2 heterocycles. The van der Waals surface area contributed by atoms with Gasteiger partial charge in [0.1, 0.15) is 5.76 Å². The average molecular weight is 338 g/mol. The predicted octanol–water partition coefficient (Wildman–Crippen LogP) is 2.66. The summed E-state index contributed by atoms with van der Waals surface area (Å²) in [6, 6.07) is 7.20. The number of ether oxygens (including phenoxy) is 2. The molecule has 8 heteroatoms. The van der Waals surface area contributed by atoms with E-state index in [0.29, 0.717) is 28.2 Å². The van der Waals surface area contributed by atoms with Crippen molar-refractivity contribution in [2.75, 3.05) is 6.79 Å². The standard InChI is InChI=1S/C14H12ClN3O3S/c15-11-4-9(5-12-13(11)21-8-20-12)6-17-18-14(22)16-7-10-2-1-3-19-10/h1-6H,7-8H2,(H2,16,18,22)/b17-6-. The van der Waals surface area contributed by atoms with Crippen molar-refractivity contribution < 1.29 is 13.9 Å². The van der Waals surface area contributed by atoms with Crippen LogP contribution in [0.3, 0.4) is 0 Å². The van der Waals surface area contributed by atoms with E-state index in [1.54, 1.807) is 24.6 Å². The molecular formula is C14H12ClN3O3S. The number of nitrogens with one attached hydrogen (secondary N) is 2. The second-order valence-corrected chi connectivity index (χ2v) is 5.18. The molecule has 3 rings (SSSR count). The Morgan fingerprint density at radius 2 is 2.32 bits per heavy atom. The molecule has 0 bridgehead atoms. The largest absolute Gasteiger partial charge is 0.467 e. The molecule has 0 aliphatic carbocycles. The van der Waals surface area contributed by atoms with E-state index in [1.165, 1.54) is 0 Å². The molecule has 0 saturated heterocycles. The molecule has 22 heavy (non-hydrogen) atoms. The molecule has 2 N–H and O–H groups in total. The van der Waals surface area contributed by atoms with E-state index in [1.807, 2.05) is 12.1 Å². The van der Waals surface area contributed by atoms with E-state index in [2.05, 4.69) is 15.8 Å². The van der Waals surface area contributed by atoms with Crippen molar-refractivity contribution in [1.29, 1.82) is 0 Å². The first kappa shape index (κ1) is 14.7. The first-order valence-corrected chi connectivity index (χ1v) is 7.19. The van der Waals surface area contributed by atoms with E-state index in [-0.39, 0.29) is 6.79 Å². The monoisotopic (exact) mass is 337 g/mol. The minimum Gasteiger partial charge on any atom is -0.467 e. The van der Waals surface area contributed by atoms with E-state index >= 15 is 0 Å². The van der Waals surface area contributed by atoms with Gasteiger partial charge in [-0.3, -0.25) is 5.43 Å². The first-order chi connectivity index (χ1) is 10.7. The van der Waals surface area contributed by atoms with E-state index < -0.39 is 0 Å². The van der Waals surface area contributed by atoms with Gasteiger partial charge in [0, 0.05) is 0 Å². The van der Waals surface area contributed by atoms with Crippen molar-refractivity contribution in [3.8, 4) is 11.5 Å². The molecule has 0 atom stereocenters. The first-order valence-electron chi connectivity index (χ1n) is 6.41. The normalized spacial score (nSPS) is 12.6. The Bertz CT molecular complexity index is 704. The minimum absolute atomic E-state index is 0.175. The number of rotatable bonds is 4. The van der Waals surface area contributed by atoms with Gasteiger partial charge in [-0.15, -0.1) is 0 Å². The molecule has 6 nitrogen and oxygen atoms in total. The third-order valence-electron chi connectivity index (χ3n) is 2.83. The highest BCUT2D eigenvalue weighted by Crippen LogP contribution is 2.39. The number of hydrogen-bond acceptors (Lipinski definition) is 5. The average Bonchev–Trinajstić information content (AvgIpc) is 3.16. The number of halogens is 1.